The largest absolute Gasteiger partial charge is 0.316 e. The third-order valence-electron chi connectivity index (χ3n) is 1.91. The minimum atomic E-state index is 0. The fourth-order valence-electron chi connectivity index (χ4n) is 1.31. The molecule has 4 nitrogen and oxygen atoms in total. The Kier molecular flexibility index (Phi) is 5.20. The zero-order chi connectivity index (χ0) is 6.81. The lowest BCUT2D eigenvalue weighted by Gasteiger charge is -1.99. The van der Waals surface area contributed by atoms with E-state index in [1.54, 1.807) is 6.20 Å². The van der Waals surface area contributed by atoms with Crippen LogP contribution in [-0.2, 0) is 0 Å². The summed E-state index contributed by atoms with van der Waals surface area (Å²) >= 11 is 0. The van der Waals surface area contributed by atoms with Crippen LogP contribution in [0.3, 0.4) is 0 Å². The van der Waals surface area contributed by atoms with E-state index in [2.05, 4.69) is 20.7 Å². The van der Waals surface area contributed by atoms with Gasteiger partial charge in [0.15, 0.2) is 0 Å². The molecule has 2 rings (SSSR count). The van der Waals surface area contributed by atoms with Crippen molar-refractivity contribution < 1.29 is 0 Å². The summed E-state index contributed by atoms with van der Waals surface area (Å²) in [6.45, 7) is 2.16. The van der Waals surface area contributed by atoms with Crippen molar-refractivity contribution in [3.8, 4) is 0 Å². The molecule has 1 unspecified atom stereocenters. The SMILES string of the molecule is Cl.Cl.c1n[nH]nc1C1CCNC1. The van der Waals surface area contributed by atoms with Crippen molar-refractivity contribution in [3.05, 3.63) is 11.9 Å². The molecule has 0 radical (unpaired) electrons. The highest BCUT2D eigenvalue weighted by Crippen LogP contribution is 2.18. The number of H-pyrrole nitrogens is 1. The van der Waals surface area contributed by atoms with Crippen LogP contribution in [0.4, 0.5) is 0 Å². The normalized spacial score (nSPS) is 21.2. The van der Waals surface area contributed by atoms with Gasteiger partial charge in [-0.1, -0.05) is 0 Å². The third kappa shape index (κ3) is 2.33. The van der Waals surface area contributed by atoms with Crippen LogP contribution in [0.1, 0.15) is 18.0 Å². The molecule has 1 aliphatic heterocycles. The molecule has 1 aliphatic rings. The molecule has 1 atom stereocenters. The van der Waals surface area contributed by atoms with Gasteiger partial charge in [0.05, 0.1) is 11.9 Å². The van der Waals surface area contributed by atoms with E-state index in [1.807, 2.05) is 0 Å². The Bertz CT molecular complexity index is 195. The Labute approximate surface area is 83.3 Å². The molecule has 2 N–H and O–H groups in total. The highest BCUT2D eigenvalue weighted by atomic mass is 35.5. The van der Waals surface area contributed by atoms with E-state index in [9.17, 15) is 0 Å². The third-order valence-corrected chi connectivity index (χ3v) is 1.91. The van der Waals surface area contributed by atoms with Gasteiger partial charge in [-0.2, -0.15) is 15.4 Å². The van der Waals surface area contributed by atoms with E-state index >= 15 is 0 Å². The Balaban J connectivity index is 0.000000605. The lowest BCUT2D eigenvalue weighted by molar-refractivity contribution is 0.728. The molecule has 6 heteroatoms. The van der Waals surface area contributed by atoms with Gasteiger partial charge in [0.2, 0.25) is 0 Å². The van der Waals surface area contributed by atoms with Crippen LogP contribution in [0, 0.1) is 0 Å². The Morgan fingerprint density at radius 3 is 2.75 bits per heavy atom. The quantitative estimate of drug-likeness (QED) is 0.719. The van der Waals surface area contributed by atoms with Crippen LogP contribution in [0.15, 0.2) is 6.20 Å². The maximum absolute atomic E-state index is 4.02. The zero-order valence-electron chi connectivity index (χ0n) is 6.49. The van der Waals surface area contributed by atoms with Crippen molar-refractivity contribution in [1.29, 1.82) is 0 Å². The highest BCUT2D eigenvalue weighted by Gasteiger charge is 2.18. The van der Waals surface area contributed by atoms with E-state index < -0.39 is 0 Å². The standard InChI is InChI=1S/C6H10N4.2ClH/c1-2-7-3-5(1)6-4-8-10-9-6;;/h4-5,7H,1-3H2,(H,8,9,10);2*1H. The van der Waals surface area contributed by atoms with Gasteiger partial charge in [0.1, 0.15) is 0 Å². The first-order valence-corrected chi connectivity index (χ1v) is 3.53. The van der Waals surface area contributed by atoms with Gasteiger partial charge in [-0.15, -0.1) is 24.8 Å². The summed E-state index contributed by atoms with van der Waals surface area (Å²) < 4.78 is 0. The molecule has 1 saturated heterocycles. The van der Waals surface area contributed by atoms with Crippen LogP contribution in [-0.4, -0.2) is 28.5 Å². The van der Waals surface area contributed by atoms with E-state index in [4.69, 9.17) is 0 Å². The summed E-state index contributed by atoms with van der Waals surface area (Å²) in [6, 6.07) is 0. The van der Waals surface area contributed by atoms with E-state index in [-0.39, 0.29) is 24.8 Å². The van der Waals surface area contributed by atoms with Gasteiger partial charge in [-0.05, 0) is 13.0 Å². The maximum atomic E-state index is 4.02. The van der Waals surface area contributed by atoms with E-state index in [1.165, 1.54) is 6.42 Å². The Morgan fingerprint density at radius 1 is 1.42 bits per heavy atom. The summed E-state index contributed by atoms with van der Waals surface area (Å²) in [6.07, 6.45) is 2.99. The first-order chi connectivity index (χ1) is 4.97. The van der Waals surface area contributed by atoms with Crippen molar-refractivity contribution in [3.63, 3.8) is 0 Å². The molecule has 1 aromatic rings. The van der Waals surface area contributed by atoms with Crippen LogP contribution in [0.5, 0.6) is 0 Å². The number of nitrogens with zero attached hydrogens (tertiary/aromatic N) is 2. The molecule has 70 valence electrons. The number of hydrogen-bond acceptors (Lipinski definition) is 3. The number of aromatic nitrogens is 3. The lowest BCUT2D eigenvalue weighted by Crippen LogP contribution is -2.08. The van der Waals surface area contributed by atoms with E-state index in [0.29, 0.717) is 5.92 Å². The second kappa shape index (κ2) is 5.35. The summed E-state index contributed by atoms with van der Waals surface area (Å²) in [5.41, 5.74) is 1.09. The second-order valence-corrected chi connectivity index (χ2v) is 2.58. The molecular weight excluding hydrogens is 199 g/mol. The van der Waals surface area contributed by atoms with Gasteiger partial charge in [0.25, 0.3) is 0 Å². The monoisotopic (exact) mass is 210 g/mol. The number of halogens is 2. The van der Waals surface area contributed by atoms with Crippen molar-refractivity contribution in [2.24, 2.45) is 0 Å². The minimum absolute atomic E-state index is 0. The summed E-state index contributed by atoms with van der Waals surface area (Å²) in [7, 11) is 0. The molecule has 0 spiro atoms. The van der Waals surface area contributed by atoms with E-state index in [0.717, 1.165) is 18.8 Å². The van der Waals surface area contributed by atoms with Gasteiger partial charge in [-0.3, -0.25) is 0 Å². The minimum Gasteiger partial charge on any atom is -0.316 e. The molecular formula is C6H12Cl2N4. The lowest BCUT2D eigenvalue weighted by atomic mass is 10.1. The van der Waals surface area contributed by atoms with Crippen LogP contribution >= 0.6 is 24.8 Å². The fraction of sp³-hybridized carbons (Fsp3) is 0.667. The maximum Gasteiger partial charge on any atom is 0.0868 e. The van der Waals surface area contributed by atoms with Gasteiger partial charge in [0, 0.05) is 12.5 Å². The Morgan fingerprint density at radius 2 is 2.25 bits per heavy atom. The number of nitrogens with one attached hydrogen (secondary N) is 2. The molecule has 1 fully saturated rings. The molecule has 12 heavy (non-hydrogen) atoms. The smallest absolute Gasteiger partial charge is 0.0868 e. The number of aromatic amines is 1. The topological polar surface area (TPSA) is 53.6 Å². The molecule has 0 amide bonds. The predicted molar refractivity (Wildman–Crippen MR) is 51.1 cm³/mol. The predicted octanol–water partition coefficient (Wildman–Crippen LogP) is 0.725. The molecule has 0 aliphatic carbocycles. The fourth-order valence-corrected chi connectivity index (χ4v) is 1.31. The number of hydrogen-bond donors (Lipinski definition) is 2. The summed E-state index contributed by atoms with van der Waals surface area (Å²) in [5.74, 6) is 0.582. The molecule has 0 bridgehead atoms. The van der Waals surface area contributed by atoms with Crippen molar-refractivity contribution in [2.75, 3.05) is 13.1 Å². The van der Waals surface area contributed by atoms with Crippen LogP contribution < -0.4 is 5.32 Å². The summed E-state index contributed by atoms with van der Waals surface area (Å²) in [5, 5.41) is 13.7. The average molecular weight is 211 g/mol. The highest BCUT2D eigenvalue weighted by molar-refractivity contribution is 5.85. The molecule has 0 aromatic carbocycles. The van der Waals surface area contributed by atoms with Gasteiger partial charge < -0.3 is 5.32 Å². The molecule has 1 aromatic heterocycles. The number of rotatable bonds is 1. The van der Waals surface area contributed by atoms with Gasteiger partial charge in [-0.25, -0.2) is 0 Å². The zero-order valence-corrected chi connectivity index (χ0v) is 8.12. The molecule has 0 saturated carbocycles. The van der Waals surface area contributed by atoms with Crippen molar-refractivity contribution >= 4 is 24.8 Å². The Hall–Kier alpha value is -0.320. The van der Waals surface area contributed by atoms with Crippen LogP contribution in [0.25, 0.3) is 0 Å². The van der Waals surface area contributed by atoms with Crippen molar-refractivity contribution in [2.45, 2.75) is 12.3 Å². The molecule has 2 heterocycles. The van der Waals surface area contributed by atoms with Crippen LogP contribution in [0.2, 0.25) is 0 Å². The van der Waals surface area contributed by atoms with Crippen molar-refractivity contribution in [1.82, 2.24) is 20.7 Å². The first kappa shape index (κ1) is 11.7. The first-order valence-electron chi connectivity index (χ1n) is 3.53. The second-order valence-electron chi connectivity index (χ2n) is 2.58. The van der Waals surface area contributed by atoms with Gasteiger partial charge >= 0.3 is 0 Å². The summed E-state index contributed by atoms with van der Waals surface area (Å²) in [4.78, 5) is 0. The average Bonchev–Trinajstić information content (AvgIpc) is 2.59.